The van der Waals surface area contributed by atoms with Gasteiger partial charge in [0.2, 0.25) is 0 Å². The van der Waals surface area contributed by atoms with Gasteiger partial charge in [-0.15, -0.1) is 0 Å². The smallest absolute Gasteiger partial charge is 0.0994 e. The van der Waals surface area contributed by atoms with E-state index >= 15 is 0 Å². The fraction of sp³-hybridized carbons (Fsp3) is 0.611. The maximum Gasteiger partial charge on any atom is 0.0994 e. The van der Waals surface area contributed by atoms with E-state index in [2.05, 4.69) is 43.4 Å². The van der Waals surface area contributed by atoms with Crippen LogP contribution in [0.5, 0.6) is 0 Å². The van der Waals surface area contributed by atoms with Gasteiger partial charge in [0.05, 0.1) is 11.6 Å². The van der Waals surface area contributed by atoms with Crippen LogP contribution in [0.25, 0.3) is 0 Å². The molecule has 1 saturated carbocycles. The molecule has 114 valence electrons. The summed E-state index contributed by atoms with van der Waals surface area (Å²) in [6, 6.07) is 8.22. The molecule has 1 aliphatic carbocycles. The Morgan fingerprint density at radius 2 is 2.19 bits per heavy atom. The van der Waals surface area contributed by atoms with E-state index in [1.54, 1.807) is 0 Å². The lowest BCUT2D eigenvalue weighted by Gasteiger charge is -2.45. The minimum absolute atomic E-state index is 0.249. The number of likely N-dealkylation sites (N-methyl/N-ethyl adjacent to an activating group) is 1. The third-order valence-corrected chi connectivity index (χ3v) is 4.98. The molecule has 1 fully saturated rings. The lowest BCUT2D eigenvalue weighted by atomic mass is 9.75. The van der Waals surface area contributed by atoms with Crippen molar-refractivity contribution in [2.75, 3.05) is 26.0 Å². The molecular formula is C18H27N3. The third kappa shape index (κ3) is 3.57. The molecule has 0 aromatic heterocycles. The van der Waals surface area contributed by atoms with Gasteiger partial charge in [0.1, 0.15) is 0 Å². The summed E-state index contributed by atoms with van der Waals surface area (Å²) in [5, 5.41) is 12.6. The van der Waals surface area contributed by atoms with Gasteiger partial charge in [0.15, 0.2) is 0 Å². The van der Waals surface area contributed by atoms with Crippen molar-refractivity contribution >= 4 is 5.69 Å². The predicted octanol–water partition coefficient (Wildman–Crippen LogP) is 3.79. The summed E-state index contributed by atoms with van der Waals surface area (Å²) >= 11 is 0. The third-order valence-electron chi connectivity index (χ3n) is 4.98. The Morgan fingerprint density at radius 1 is 1.43 bits per heavy atom. The van der Waals surface area contributed by atoms with Crippen molar-refractivity contribution in [3.63, 3.8) is 0 Å². The molecule has 3 heteroatoms. The second-order valence-corrected chi connectivity index (χ2v) is 6.82. The van der Waals surface area contributed by atoms with Crippen molar-refractivity contribution in [3.05, 3.63) is 29.3 Å². The first-order valence-electron chi connectivity index (χ1n) is 7.89. The highest BCUT2D eigenvalue weighted by molar-refractivity contribution is 5.51. The maximum atomic E-state index is 9.01. The molecule has 0 aliphatic heterocycles. The maximum absolute atomic E-state index is 9.01. The number of hydrogen-bond acceptors (Lipinski definition) is 3. The van der Waals surface area contributed by atoms with E-state index in [-0.39, 0.29) is 5.54 Å². The number of aryl methyl sites for hydroxylation is 1. The van der Waals surface area contributed by atoms with Gasteiger partial charge in [0.25, 0.3) is 0 Å². The van der Waals surface area contributed by atoms with Crippen molar-refractivity contribution in [1.82, 2.24) is 4.90 Å². The summed E-state index contributed by atoms with van der Waals surface area (Å²) in [5.41, 5.74) is 3.16. The molecule has 0 amide bonds. The normalized spacial score (nSPS) is 25.6. The zero-order valence-electron chi connectivity index (χ0n) is 13.7. The first-order chi connectivity index (χ1) is 9.97. The Hall–Kier alpha value is -1.53. The Kier molecular flexibility index (Phi) is 4.90. The Balaban J connectivity index is 2.09. The van der Waals surface area contributed by atoms with Gasteiger partial charge in [-0.25, -0.2) is 0 Å². The van der Waals surface area contributed by atoms with Crippen LogP contribution in [0.15, 0.2) is 18.2 Å². The number of anilines is 1. The van der Waals surface area contributed by atoms with Crippen LogP contribution in [0.1, 0.15) is 43.7 Å². The van der Waals surface area contributed by atoms with Gasteiger partial charge in [-0.05, 0) is 63.5 Å². The van der Waals surface area contributed by atoms with Crippen LogP contribution in [0.2, 0.25) is 0 Å². The van der Waals surface area contributed by atoms with E-state index in [1.807, 2.05) is 19.1 Å². The van der Waals surface area contributed by atoms with Gasteiger partial charge in [0, 0.05) is 17.8 Å². The van der Waals surface area contributed by atoms with E-state index in [9.17, 15) is 0 Å². The molecule has 2 rings (SSSR count). The molecule has 3 nitrogen and oxygen atoms in total. The van der Waals surface area contributed by atoms with Crippen LogP contribution in [0.4, 0.5) is 5.69 Å². The average molecular weight is 285 g/mol. The molecule has 0 radical (unpaired) electrons. The van der Waals surface area contributed by atoms with Crippen LogP contribution < -0.4 is 5.32 Å². The molecule has 1 aromatic rings. The van der Waals surface area contributed by atoms with E-state index in [4.69, 9.17) is 5.26 Å². The molecule has 1 aliphatic rings. The fourth-order valence-electron chi connectivity index (χ4n) is 3.52. The number of nitriles is 1. The minimum atomic E-state index is 0.249. The number of rotatable bonds is 4. The van der Waals surface area contributed by atoms with Crippen LogP contribution >= 0.6 is 0 Å². The Bertz CT molecular complexity index is 530. The monoisotopic (exact) mass is 285 g/mol. The molecule has 21 heavy (non-hydrogen) atoms. The number of benzene rings is 1. The average Bonchev–Trinajstić information content (AvgIpc) is 2.45. The van der Waals surface area contributed by atoms with Crippen LogP contribution in [-0.2, 0) is 0 Å². The van der Waals surface area contributed by atoms with Crippen LogP contribution in [-0.4, -0.2) is 31.1 Å². The Morgan fingerprint density at radius 3 is 2.76 bits per heavy atom. The van der Waals surface area contributed by atoms with E-state index < -0.39 is 0 Å². The number of nitrogens with one attached hydrogen (secondary N) is 1. The van der Waals surface area contributed by atoms with Gasteiger partial charge >= 0.3 is 0 Å². The fourth-order valence-corrected chi connectivity index (χ4v) is 3.52. The van der Waals surface area contributed by atoms with Crippen molar-refractivity contribution in [2.45, 2.75) is 45.1 Å². The quantitative estimate of drug-likeness (QED) is 0.915. The van der Waals surface area contributed by atoms with Crippen molar-refractivity contribution in [1.29, 1.82) is 5.26 Å². The molecule has 2 unspecified atom stereocenters. The largest absolute Gasteiger partial charge is 0.383 e. The highest BCUT2D eigenvalue weighted by Crippen LogP contribution is 2.35. The van der Waals surface area contributed by atoms with E-state index in [1.165, 1.54) is 25.7 Å². The molecule has 1 aromatic carbocycles. The van der Waals surface area contributed by atoms with E-state index in [0.717, 1.165) is 29.3 Å². The first-order valence-corrected chi connectivity index (χ1v) is 7.89. The summed E-state index contributed by atoms with van der Waals surface area (Å²) in [4.78, 5) is 2.40. The molecule has 2 atom stereocenters. The summed E-state index contributed by atoms with van der Waals surface area (Å²) in [5.74, 6) is 0.797. The highest BCUT2D eigenvalue weighted by atomic mass is 15.2. The van der Waals surface area contributed by atoms with Crippen LogP contribution in [0.3, 0.4) is 0 Å². The van der Waals surface area contributed by atoms with Gasteiger partial charge < -0.3 is 10.2 Å². The topological polar surface area (TPSA) is 39.1 Å². The van der Waals surface area contributed by atoms with E-state index in [0.29, 0.717) is 0 Å². The molecule has 0 heterocycles. The lowest BCUT2D eigenvalue weighted by molar-refractivity contribution is 0.0882. The molecule has 1 N–H and O–H groups in total. The number of hydrogen-bond donors (Lipinski definition) is 1. The zero-order valence-corrected chi connectivity index (χ0v) is 13.7. The summed E-state index contributed by atoms with van der Waals surface area (Å²) in [6.45, 7) is 5.33. The van der Waals surface area contributed by atoms with Gasteiger partial charge in [-0.3, -0.25) is 0 Å². The Labute approximate surface area is 129 Å². The molecule has 0 bridgehead atoms. The SMILES string of the molecule is Cc1cc(NCC2(N(C)C)CCCC(C)C2)ccc1C#N. The summed E-state index contributed by atoms with van der Waals surface area (Å²) in [6.07, 6.45) is 5.17. The molecule has 0 saturated heterocycles. The second kappa shape index (κ2) is 6.49. The van der Waals surface area contributed by atoms with Crippen molar-refractivity contribution in [3.8, 4) is 6.07 Å². The minimum Gasteiger partial charge on any atom is -0.383 e. The van der Waals surface area contributed by atoms with Crippen molar-refractivity contribution in [2.24, 2.45) is 5.92 Å². The van der Waals surface area contributed by atoms with Gasteiger partial charge in [-0.1, -0.05) is 19.8 Å². The standard InChI is InChI=1S/C18H27N3/c1-14-6-5-9-18(11-14,21(3)4)13-20-17-8-7-16(12-19)15(2)10-17/h7-8,10,14,20H,5-6,9,11,13H2,1-4H3. The zero-order chi connectivity index (χ0) is 15.5. The molecular weight excluding hydrogens is 258 g/mol. The van der Waals surface area contributed by atoms with Crippen molar-refractivity contribution < 1.29 is 0 Å². The summed E-state index contributed by atoms with van der Waals surface area (Å²) in [7, 11) is 4.40. The summed E-state index contributed by atoms with van der Waals surface area (Å²) < 4.78 is 0. The first kappa shape index (κ1) is 15.9. The highest BCUT2D eigenvalue weighted by Gasteiger charge is 2.36. The van der Waals surface area contributed by atoms with Gasteiger partial charge in [-0.2, -0.15) is 5.26 Å². The van der Waals surface area contributed by atoms with Crippen LogP contribution in [0, 0.1) is 24.2 Å². The number of nitrogens with zero attached hydrogens (tertiary/aromatic N) is 2. The lowest BCUT2D eigenvalue weighted by Crippen LogP contribution is -2.52. The second-order valence-electron chi connectivity index (χ2n) is 6.82. The predicted molar refractivity (Wildman–Crippen MR) is 88.4 cm³/mol. The molecule has 0 spiro atoms.